The van der Waals surface area contributed by atoms with Crippen molar-refractivity contribution >= 4 is 5.91 Å². The molecule has 1 atom stereocenters. The second kappa shape index (κ2) is 6.74. The molecule has 0 bridgehead atoms. The molecule has 0 radical (unpaired) electrons. The summed E-state index contributed by atoms with van der Waals surface area (Å²) in [6.45, 7) is 3.96. The van der Waals surface area contributed by atoms with Crippen LogP contribution in [0.2, 0.25) is 0 Å². The Hall–Kier alpha value is -2.48. The monoisotopic (exact) mass is 316 g/mol. The highest BCUT2D eigenvalue weighted by Gasteiger charge is 2.19. The van der Waals surface area contributed by atoms with Gasteiger partial charge < -0.3 is 15.4 Å². The fraction of sp³-hybridized carbons (Fsp3) is 0.467. The molecular formula is C15H20N6O2. The predicted molar refractivity (Wildman–Crippen MR) is 83.0 cm³/mol. The van der Waals surface area contributed by atoms with E-state index in [-0.39, 0.29) is 12.0 Å². The minimum Gasteiger partial charge on any atom is -0.487 e. The van der Waals surface area contributed by atoms with Gasteiger partial charge >= 0.3 is 0 Å². The molecule has 122 valence electrons. The van der Waals surface area contributed by atoms with E-state index in [0.717, 1.165) is 30.8 Å². The number of amides is 1. The average molecular weight is 316 g/mol. The van der Waals surface area contributed by atoms with Crippen molar-refractivity contribution in [2.45, 2.75) is 26.0 Å². The zero-order chi connectivity index (χ0) is 16.2. The highest BCUT2D eigenvalue weighted by atomic mass is 16.5. The van der Waals surface area contributed by atoms with Gasteiger partial charge in [-0.3, -0.25) is 14.5 Å². The molecule has 1 saturated heterocycles. The lowest BCUT2D eigenvalue weighted by Crippen LogP contribution is -2.25. The van der Waals surface area contributed by atoms with Gasteiger partial charge in [0.25, 0.3) is 5.91 Å². The van der Waals surface area contributed by atoms with Crippen molar-refractivity contribution in [2.75, 3.05) is 13.1 Å². The highest BCUT2D eigenvalue weighted by molar-refractivity contribution is 5.93. The Morgan fingerprint density at radius 3 is 3.13 bits per heavy atom. The van der Waals surface area contributed by atoms with E-state index in [9.17, 15) is 4.79 Å². The third kappa shape index (κ3) is 3.48. The number of aryl methyl sites for hydroxylation is 1. The number of nitrogens with one attached hydrogen (secondary N) is 2. The Bertz CT molecular complexity index is 693. The van der Waals surface area contributed by atoms with Crippen LogP contribution in [0.3, 0.4) is 0 Å². The molecule has 1 aliphatic rings. The highest BCUT2D eigenvalue weighted by Crippen LogP contribution is 2.19. The topological polar surface area (TPSA) is 94.0 Å². The molecular weight excluding hydrogens is 296 g/mol. The van der Waals surface area contributed by atoms with Gasteiger partial charge in [0.2, 0.25) is 0 Å². The van der Waals surface area contributed by atoms with Gasteiger partial charge in [-0.1, -0.05) is 5.21 Å². The van der Waals surface area contributed by atoms with Crippen molar-refractivity contribution in [3.05, 3.63) is 35.4 Å². The van der Waals surface area contributed by atoms with Crippen LogP contribution in [0.15, 0.2) is 18.5 Å². The van der Waals surface area contributed by atoms with Gasteiger partial charge in [-0.2, -0.15) is 0 Å². The van der Waals surface area contributed by atoms with Crippen molar-refractivity contribution in [2.24, 2.45) is 7.05 Å². The summed E-state index contributed by atoms with van der Waals surface area (Å²) in [7, 11) is 1.75. The summed E-state index contributed by atoms with van der Waals surface area (Å²) in [5, 5.41) is 13.8. The van der Waals surface area contributed by atoms with E-state index in [1.165, 1.54) is 0 Å². The van der Waals surface area contributed by atoms with Crippen LogP contribution in [0.5, 0.6) is 5.75 Å². The summed E-state index contributed by atoms with van der Waals surface area (Å²) in [4.78, 5) is 16.3. The fourth-order valence-electron chi connectivity index (χ4n) is 2.44. The number of ether oxygens (including phenoxy) is 1. The molecule has 0 saturated carbocycles. The van der Waals surface area contributed by atoms with Crippen molar-refractivity contribution in [3.8, 4) is 5.75 Å². The lowest BCUT2D eigenvalue weighted by molar-refractivity contribution is 0.0944. The number of pyridine rings is 1. The van der Waals surface area contributed by atoms with Gasteiger partial charge in [0, 0.05) is 31.9 Å². The third-order valence-electron chi connectivity index (χ3n) is 3.94. The number of nitrogens with zero attached hydrogens (tertiary/aromatic N) is 4. The molecule has 1 amide bonds. The fourth-order valence-corrected chi connectivity index (χ4v) is 2.44. The molecule has 23 heavy (non-hydrogen) atoms. The first kappa shape index (κ1) is 15.4. The van der Waals surface area contributed by atoms with E-state index >= 15 is 0 Å². The van der Waals surface area contributed by atoms with Gasteiger partial charge in [-0.15, -0.1) is 5.10 Å². The lowest BCUT2D eigenvalue weighted by Gasteiger charge is -2.15. The van der Waals surface area contributed by atoms with Crippen LogP contribution in [0.4, 0.5) is 0 Å². The van der Waals surface area contributed by atoms with Crippen LogP contribution in [-0.2, 0) is 13.6 Å². The Labute approximate surface area is 134 Å². The molecule has 3 rings (SSSR count). The largest absolute Gasteiger partial charge is 0.487 e. The first-order chi connectivity index (χ1) is 11.1. The molecule has 2 aromatic rings. The van der Waals surface area contributed by atoms with Gasteiger partial charge in [-0.05, 0) is 26.0 Å². The van der Waals surface area contributed by atoms with Crippen LogP contribution in [-0.4, -0.2) is 45.1 Å². The Kier molecular flexibility index (Phi) is 4.52. The van der Waals surface area contributed by atoms with Gasteiger partial charge in [0.05, 0.1) is 11.9 Å². The molecule has 0 unspecified atom stereocenters. The maximum Gasteiger partial charge on any atom is 0.274 e. The quantitative estimate of drug-likeness (QED) is 0.818. The Morgan fingerprint density at radius 1 is 1.57 bits per heavy atom. The number of carbonyl (C=O) groups is 1. The SMILES string of the molecule is Cc1c(C(=O)NCc2ccncc2O[C@H]2CCNC2)nnn1C. The second-order valence-corrected chi connectivity index (χ2v) is 5.55. The second-order valence-electron chi connectivity index (χ2n) is 5.55. The van der Waals surface area contributed by atoms with Crippen LogP contribution < -0.4 is 15.4 Å². The molecule has 0 aromatic carbocycles. The zero-order valence-corrected chi connectivity index (χ0v) is 13.2. The van der Waals surface area contributed by atoms with E-state index in [1.54, 1.807) is 24.1 Å². The summed E-state index contributed by atoms with van der Waals surface area (Å²) >= 11 is 0. The van der Waals surface area contributed by atoms with Crippen molar-refractivity contribution in [3.63, 3.8) is 0 Å². The molecule has 2 aromatic heterocycles. The predicted octanol–water partition coefficient (Wildman–Crippen LogP) is 0.189. The van der Waals surface area contributed by atoms with E-state index in [4.69, 9.17) is 4.74 Å². The average Bonchev–Trinajstić information content (AvgIpc) is 3.17. The van der Waals surface area contributed by atoms with Gasteiger partial charge in [0.15, 0.2) is 5.69 Å². The zero-order valence-electron chi connectivity index (χ0n) is 13.2. The molecule has 0 aliphatic carbocycles. The van der Waals surface area contributed by atoms with E-state index in [0.29, 0.717) is 18.0 Å². The number of hydrogen-bond donors (Lipinski definition) is 2. The number of carbonyl (C=O) groups excluding carboxylic acids is 1. The number of rotatable bonds is 5. The van der Waals surface area contributed by atoms with Crippen LogP contribution in [0, 0.1) is 6.92 Å². The van der Waals surface area contributed by atoms with Gasteiger partial charge in [-0.25, -0.2) is 0 Å². The summed E-state index contributed by atoms with van der Waals surface area (Å²) < 4.78 is 7.54. The number of hydrogen-bond acceptors (Lipinski definition) is 6. The van der Waals surface area contributed by atoms with Gasteiger partial charge in [0.1, 0.15) is 11.9 Å². The summed E-state index contributed by atoms with van der Waals surface area (Å²) in [6.07, 6.45) is 4.50. The van der Waals surface area contributed by atoms with Crippen LogP contribution in [0.1, 0.15) is 28.2 Å². The smallest absolute Gasteiger partial charge is 0.274 e. The normalized spacial score (nSPS) is 17.2. The first-order valence-corrected chi connectivity index (χ1v) is 7.60. The van der Waals surface area contributed by atoms with Crippen molar-refractivity contribution < 1.29 is 9.53 Å². The van der Waals surface area contributed by atoms with E-state index in [1.807, 2.05) is 13.0 Å². The molecule has 8 nitrogen and oxygen atoms in total. The maximum atomic E-state index is 12.2. The third-order valence-corrected chi connectivity index (χ3v) is 3.94. The Balaban J connectivity index is 1.65. The van der Waals surface area contributed by atoms with E-state index < -0.39 is 0 Å². The molecule has 2 N–H and O–H groups in total. The standard InChI is InChI=1S/C15H20N6O2/c1-10-14(19-20-21(10)2)15(22)18-7-11-3-5-17-9-13(11)23-12-4-6-16-8-12/h3,5,9,12,16H,4,6-8H2,1-2H3,(H,18,22)/t12-/m0/s1. The molecule has 1 fully saturated rings. The minimum atomic E-state index is -0.249. The molecule has 1 aliphatic heterocycles. The first-order valence-electron chi connectivity index (χ1n) is 7.60. The maximum absolute atomic E-state index is 12.2. The minimum absolute atomic E-state index is 0.149. The molecule has 3 heterocycles. The van der Waals surface area contributed by atoms with E-state index in [2.05, 4.69) is 25.9 Å². The van der Waals surface area contributed by atoms with Crippen LogP contribution >= 0.6 is 0 Å². The van der Waals surface area contributed by atoms with Crippen molar-refractivity contribution in [1.82, 2.24) is 30.6 Å². The van der Waals surface area contributed by atoms with Crippen LogP contribution in [0.25, 0.3) is 0 Å². The Morgan fingerprint density at radius 2 is 2.43 bits per heavy atom. The number of aromatic nitrogens is 4. The van der Waals surface area contributed by atoms with Crippen molar-refractivity contribution in [1.29, 1.82) is 0 Å². The molecule has 8 heteroatoms. The lowest BCUT2D eigenvalue weighted by atomic mass is 10.2. The molecule has 0 spiro atoms. The summed E-state index contributed by atoms with van der Waals surface area (Å²) in [5.41, 5.74) is 1.96. The summed E-state index contributed by atoms with van der Waals surface area (Å²) in [5.74, 6) is 0.457. The summed E-state index contributed by atoms with van der Waals surface area (Å²) in [6, 6.07) is 1.85.